The van der Waals surface area contributed by atoms with Gasteiger partial charge >= 0.3 is 0 Å². The minimum atomic E-state index is 0.593. The molecule has 94 valence electrons. The van der Waals surface area contributed by atoms with Crippen LogP contribution in [-0.2, 0) is 10.7 Å². The standard InChI is InChI=1S/C12H17ClO2.C2H2/c1-2-9-14-12-7-5-11(6-8-12)4-3-10-15-13;1-2/h5-8H,2-4,9-10H2,1H3;1-2H. The maximum atomic E-state index is 5.49. The van der Waals surface area contributed by atoms with Crippen molar-refractivity contribution in [2.45, 2.75) is 26.2 Å². The van der Waals surface area contributed by atoms with Crippen LogP contribution in [-0.4, -0.2) is 13.2 Å². The molecule has 2 nitrogen and oxygen atoms in total. The van der Waals surface area contributed by atoms with E-state index < -0.39 is 0 Å². The highest BCUT2D eigenvalue weighted by Crippen LogP contribution is 2.13. The van der Waals surface area contributed by atoms with Gasteiger partial charge in [0.05, 0.1) is 25.1 Å². The number of benzene rings is 1. The number of terminal acetylenes is 1. The predicted octanol–water partition coefficient (Wildman–Crippen LogP) is 3.83. The van der Waals surface area contributed by atoms with Crippen molar-refractivity contribution >= 4 is 11.9 Å². The maximum absolute atomic E-state index is 5.49. The van der Waals surface area contributed by atoms with Crippen molar-refractivity contribution in [3.8, 4) is 18.6 Å². The molecular formula is C14H19ClO2. The van der Waals surface area contributed by atoms with Crippen LogP contribution in [0.5, 0.6) is 5.75 Å². The second-order valence-electron chi connectivity index (χ2n) is 3.41. The molecule has 0 aliphatic carbocycles. The van der Waals surface area contributed by atoms with Gasteiger partial charge in [-0.15, -0.1) is 12.8 Å². The summed E-state index contributed by atoms with van der Waals surface area (Å²) in [7, 11) is 0. The van der Waals surface area contributed by atoms with Crippen molar-refractivity contribution in [2.24, 2.45) is 0 Å². The van der Waals surface area contributed by atoms with Gasteiger partial charge in [-0.05, 0) is 37.0 Å². The first-order valence-corrected chi connectivity index (χ1v) is 5.96. The number of aryl methyl sites for hydroxylation is 1. The summed E-state index contributed by atoms with van der Waals surface area (Å²) < 4.78 is 9.98. The van der Waals surface area contributed by atoms with Gasteiger partial charge in [-0.25, -0.2) is 0 Å². The summed E-state index contributed by atoms with van der Waals surface area (Å²) in [6.07, 6.45) is 11.0. The second kappa shape index (κ2) is 11.3. The number of halogens is 1. The molecule has 0 heterocycles. The Kier molecular flexibility index (Phi) is 10.5. The molecule has 1 aromatic carbocycles. The SMILES string of the molecule is C#C.CCCOc1ccc(CCCOCl)cc1. The first-order chi connectivity index (χ1) is 8.36. The molecule has 0 spiro atoms. The van der Waals surface area contributed by atoms with E-state index in [0.717, 1.165) is 31.6 Å². The molecule has 0 aromatic heterocycles. The Labute approximate surface area is 109 Å². The fraction of sp³-hybridized carbons (Fsp3) is 0.429. The molecule has 0 aliphatic heterocycles. The van der Waals surface area contributed by atoms with Gasteiger partial charge in [-0.2, -0.15) is 0 Å². The van der Waals surface area contributed by atoms with Crippen LogP contribution in [0.3, 0.4) is 0 Å². The number of hydrogen-bond donors (Lipinski definition) is 0. The van der Waals surface area contributed by atoms with E-state index in [2.05, 4.69) is 36.2 Å². The Hall–Kier alpha value is -1.17. The van der Waals surface area contributed by atoms with Crippen LogP contribution in [0.25, 0.3) is 0 Å². The van der Waals surface area contributed by atoms with E-state index in [1.807, 2.05) is 12.1 Å². The van der Waals surface area contributed by atoms with E-state index in [1.54, 1.807) is 0 Å². The van der Waals surface area contributed by atoms with Crippen LogP contribution in [0.15, 0.2) is 24.3 Å². The molecule has 0 radical (unpaired) electrons. The Bertz CT molecular complexity index is 293. The van der Waals surface area contributed by atoms with Crippen LogP contribution in [0.1, 0.15) is 25.3 Å². The van der Waals surface area contributed by atoms with Gasteiger partial charge in [0.1, 0.15) is 5.75 Å². The molecule has 0 saturated carbocycles. The molecule has 17 heavy (non-hydrogen) atoms. The summed E-state index contributed by atoms with van der Waals surface area (Å²) in [6.45, 7) is 3.47. The molecule has 0 bridgehead atoms. The topological polar surface area (TPSA) is 18.5 Å². The van der Waals surface area contributed by atoms with Crippen LogP contribution >= 0.6 is 11.9 Å². The number of hydrogen-bond acceptors (Lipinski definition) is 2. The Morgan fingerprint density at radius 1 is 1.12 bits per heavy atom. The fourth-order valence-corrected chi connectivity index (χ4v) is 1.41. The van der Waals surface area contributed by atoms with E-state index >= 15 is 0 Å². The van der Waals surface area contributed by atoms with E-state index in [1.165, 1.54) is 5.56 Å². The van der Waals surface area contributed by atoms with Crippen molar-refractivity contribution in [1.29, 1.82) is 0 Å². The summed E-state index contributed by atoms with van der Waals surface area (Å²) in [5, 5.41) is 0. The molecule has 0 saturated heterocycles. The lowest BCUT2D eigenvalue weighted by Gasteiger charge is -2.05. The molecule has 0 unspecified atom stereocenters. The Balaban J connectivity index is 0.00000121. The highest BCUT2D eigenvalue weighted by atomic mass is 35.5. The lowest BCUT2D eigenvalue weighted by atomic mass is 10.1. The summed E-state index contributed by atoms with van der Waals surface area (Å²) in [5.74, 6) is 0.939. The molecule has 3 heteroatoms. The highest BCUT2D eigenvalue weighted by molar-refractivity contribution is 6.07. The van der Waals surface area contributed by atoms with Gasteiger partial charge in [0.15, 0.2) is 0 Å². The average Bonchev–Trinajstić information content (AvgIpc) is 2.40. The zero-order chi connectivity index (χ0) is 12.9. The van der Waals surface area contributed by atoms with Crippen LogP contribution < -0.4 is 4.74 Å². The van der Waals surface area contributed by atoms with Crippen LogP contribution in [0, 0.1) is 12.8 Å². The predicted molar refractivity (Wildman–Crippen MR) is 72.2 cm³/mol. The number of rotatable bonds is 7. The highest BCUT2D eigenvalue weighted by Gasteiger charge is 1.95. The third-order valence-electron chi connectivity index (χ3n) is 2.08. The average molecular weight is 255 g/mol. The van der Waals surface area contributed by atoms with Crippen LogP contribution in [0.4, 0.5) is 0 Å². The quantitative estimate of drug-likeness (QED) is 0.544. The summed E-state index contributed by atoms with van der Waals surface area (Å²) >= 11 is 5.13. The van der Waals surface area contributed by atoms with E-state index in [0.29, 0.717) is 6.61 Å². The monoisotopic (exact) mass is 254 g/mol. The van der Waals surface area contributed by atoms with E-state index in [9.17, 15) is 0 Å². The van der Waals surface area contributed by atoms with E-state index in [-0.39, 0.29) is 0 Å². The lowest BCUT2D eigenvalue weighted by molar-refractivity contribution is 0.317. The molecule has 0 fully saturated rings. The molecule has 0 amide bonds. The van der Waals surface area contributed by atoms with Crippen molar-refractivity contribution in [3.05, 3.63) is 29.8 Å². The summed E-state index contributed by atoms with van der Waals surface area (Å²) in [5.41, 5.74) is 1.28. The molecule has 0 atom stereocenters. The summed E-state index contributed by atoms with van der Waals surface area (Å²) in [4.78, 5) is 0. The zero-order valence-corrected chi connectivity index (χ0v) is 11.0. The molecule has 0 aliphatic rings. The Morgan fingerprint density at radius 3 is 2.29 bits per heavy atom. The first kappa shape index (κ1) is 15.8. The normalized spacial score (nSPS) is 9.18. The van der Waals surface area contributed by atoms with Crippen molar-refractivity contribution in [1.82, 2.24) is 0 Å². The molecule has 1 rings (SSSR count). The smallest absolute Gasteiger partial charge is 0.119 e. The van der Waals surface area contributed by atoms with Crippen LogP contribution in [0.2, 0.25) is 0 Å². The summed E-state index contributed by atoms with van der Waals surface area (Å²) in [6, 6.07) is 8.18. The van der Waals surface area contributed by atoms with Gasteiger partial charge in [0.25, 0.3) is 0 Å². The third-order valence-corrected chi connectivity index (χ3v) is 2.24. The van der Waals surface area contributed by atoms with Crippen molar-refractivity contribution in [3.63, 3.8) is 0 Å². The van der Waals surface area contributed by atoms with Gasteiger partial charge in [0, 0.05) is 0 Å². The van der Waals surface area contributed by atoms with Gasteiger partial charge in [-0.3, -0.25) is 4.29 Å². The number of ether oxygens (including phenoxy) is 1. The van der Waals surface area contributed by atoms with Crippen molar-refractivity contribution in [2.75, 3.05) is 13.2 Å². The van der Waals surface area contributed by atoms with Gasteiger partial charge in [0.2, 0.25) is 0 Å². The maximum Gasteiger partial charge on any atom is 0.119 e. The minimum absolute atomic E-state index is 0.593. The van der Waals surface area contributed by atoms with Gasteiger partial charge < -0.3 is 4.74 Å². The second-order valence-corrected chi connectivity index (χ2v) is 3.63. The van der Waals surface area contributed by atoms with Crippen molar-refractivity contribution < 1.29 is 9.03 Å². The van der Waals surface area contributed by atoms with E-state index in [4.69, 9.17) is 16.6 Å². The lowest BCUT2D eigenvalue weighted by Crippen LogP contribution is -1.95. The van der Waals surface area contributed by atoms with Gasteiger partial charge in [-0.1, -0.05) is 19.1 Å². The fourth-order valence-electron chi connectivity index (χ4n) is 1.30. The Morgan fingerprint density at radius 2 is 1.76 bits per heavy atom. The third kappa shape index (κ3) is 7.68. The zero-order valence-electron chi connectivity index (χ0n) is 10.2. The molecule has 0 N–H and O–H groups in total. The molecule has 1 aromatic rings. The molecular weight excluding hydrogens is 236 g/mol. The first-order valence-electron chi connectivity index (χ1n) is 5.65. The largest absolute Gasteiger partial charge is 0.494 e. The minimum Gasteiger partial charge on any atom is -0.494 e.